The highest BCUT2D eigenvalue weighted by atomic mass is 16.1. The number of carbonyl (C=O) groups is 1. The van der Waals surface area contributed by atoms with Crippen LogP contribution in [0.5, 0.6) is 0 Å². The van der Waals surface area contributed by atoms with Crippen LogP contribution in [-0.2, 0) is 12.8 Å². The number of rotatable bonds is 6. The molecular weight excluding hydrogens is 250 g/mol. The Hall–Kier alpha value is -2.20. The molecule has 1 amide bonds. The molecule has 0 fully saturated rings. The lowest BCUT2D eigenvalue weighted by atomic mass is 10.1. The number of benzene rings is 1. The summed E-state index contributed by atoms with van der Waals surface area (Å²) in [5.41, 5.74) is 8.19. The molecule has 2 aromatic rings. The molecule has 4 heteroatoms. The topological polar surface area (TPSA) is 68.0 Å². The van der Waals surface area contributed by atoms with Gasteiger partial charge in [-0.3, -0.25) is 9.78 Å². The molecule has 3 N–H and O–H groups in total. The van der Waals surface area contributed by atoms with Gasteiger partial charge in [0, 0.05) is 30.4 Å². The van der Waals surface area contributed by atoms with Gasteiger partial charge in [-0.15, -0.1) is 0 Å². The summed E-state index contributed by atoms with van der Waals surface area (Å²) in [6.07, 6.45) is 3.16. The minimum atomic E-state index is -0.0680. The molecule has 1 heterocycles. The SMILES string of the molecule is NCCc1cc(C(=O)NCCc2ccccc2)ccn1. The predicted octanol–water partition coefficient (Wildman–Crippen LogP) is 1.56. The van der Waals surface area contributed by atoms with E-state index in [1.54, 1.807) is 18.3 Å². The van der Waals surface area contributed by atoms with E-state index in [0.29, 0.717) is 25.1 Å². The van der Waals surface area contributed by atoms with Gasteiger partial charge in [0.05, 0.1) is 0 Å². The van der Waals surface area contributed by atoms with E-state index >= 15 is 0 Å². The fraction of sp³-hybridized carbons (Fsp3) is 0.250. The van der Waals surface area contributed by atoms with Gasteiger partial charge in [-0.2, -0.15) is 0 Å². The molecular formula is C16H19N3O. The second kappa shape index (κ2) is 7.40. The van der Waals surface area contributed by atoms with Crippen LogP contribution in [0.25, 0.3) is 0 Å². The molecule has 0 aliphatic carbocycles. The van der Waals surface area contributed by atoms with Crippen LogP contribution in [-0.4, -0.2) is 24.0 Å². The summed E-state index contributed by atoms with van der Waals surface area (Å²) in [4.78, 5) is 16.2. The van der Waals surface area contributed by atoms with Gasteiger partial charge in [-0.25, -0.2) is 0 Å². The van der Waals surface area contributed by atoms with Gasteiger partial charge in [-0.05, 0) is 30.7 Å². The number of amides is 1. The number of hydrogen-bond donors (Lipinski definition) is 2. The first-order valence-electron chi connectivity index (χ1n) is 6.76. The van der Waals surface area contributed by atoms with Crippen molar-refractivity contribution < 1.29 is 4.79 Å². The molecule has 0 saturated heterocycles. The van der Waals surface area contributed by atoms with E-state index in [1.165, 1.54) is 5.56 Å². The molecule has 1 aromatic carbocycles. The molecule has 0 radical (unpaired) electrons. The maximum atomic E-state index is 12.0. The van der Waals surface area contributed by atoms with Crippen molar-refractivity contribution >= 4 is 5.91 Å². The van der Waals surface area contributed by atoms with Crippen LogP contribution in [0.3, 0.4) is 0 Å². The minimum Gasteiger partial charge on any atom is -0.352 e. The van der Waals surface area contributed by atoms with Crippen LogP contribution < -0.4 is 11.1 Å². The average Bonchev–Trinajstić information content (AvgIpc) is 2.49. The Bertz CT molecular complexity index is 555. The summed E-state index contributed by atoms with van der Waals surface area (Å²) in [6, 6.07) is 13.6. The fourth-order valence-corrected chi connectivity index (χ4v) is 1.97. The molecule has 0 atom stereocenters. The first-order valence-corrected chi connectivity index (χ1v) is 6.76. The number of nitrogens with two attached hydrogens (primary N) is 1. The third-order valence-electron chi connectivity index (χ3n) is 3.02. The molecule has 0 spiro atoms. The first-order chi connectivity index (χ1) is 9.79. The number of nitrogens with one attached hydrogen (secondary N) is 1. The van der Waals surface area contributed by atoms with Crippen molar-refractivity contribution in [3.8, 4) is 0 Å². The zero-order valence-electron chi connectivity index (χ0n) is 11.4. The summed E-state index contributed by atoms with van der Waals surface area (Å²) < 4.78 is 0. The molecule has 0 unspecified atom stereocenters. The Morgan fingerprint density at radius 3 is 2.70 bits per heavy atom. The zero-order valence-corrected chi connectivity index (χ0v) is 11.4. The molecule has 0 saturated carbocycles. The van der Waals surface area contributed by atoms with Crippen LogP contribution in [0.2, 0.25) is 0 Å². The fourth-order valence-electron chi connectivity index (χ4n) is 1.97. The number of aromatic nitrogens is 1. The summed E-state index contributed by atoms with van der Waals surface area (Å²) in [6.45, 7) is 1.16. The highest BCUT2D eigenvalue weighted by Crippen LogP contribution is 2.03. The van der Waals surface area contributed by atoms with Gasteiger partial charge in [-0.1, -0.05) is 30.3 Å². The van der Waals surface area contributed by atoms with E-state index in [-0.39, 0.29) is 5.91 Å². The van der Waals surface area contributed by atoms with Gasteiger partial charge < -0.3 is 11.1 Å². The lowest BCUT2D eigenvalue weighted by Gasteiger charge is -2.06. The second-order valence-electron chi connectivity index (χ2n) is 4.57. The lowest BCUT2D eigenvalue weighted by Crippen LogP contribution is -2.26. The van der Waals surface area contributed by atoms with Crippen LogP contribution in [0.4, 0.5) is 0 Å². The predicted molar refractivity (Wildman–Crippen MR) is 79.5 cm³/mol. The third-order valence-corrected chi connectivity index (χ3v) is 3.02. The molecule has 4 nitrogen and oxygen atoms in total. The first kappa shape index (κ1) is 14.2. The van der Waals surface area contributed by atoms with E-state index in [4.69, 9.17) is 5.73 Å². The smallest absolute Gasteiger partial charge is 0.251 e. The van der Waals surface area contributed by atoms with Gasteiger partial charge in [0.1, 0.15) is 0 Å². The van der Waals surface area contributed by atoms with Crippen molar-refractivity contribution in [2.45, 2.75) is 12.8 Å². The Morgan fingerprint density at radius 2 is 1.95 bits per heavy atom. The molecule has 0 aliphatic rings. The average molecular weight is 269 g/mol. The van der Waals surface area contributed by atoms with Gasteiger partial charge in [0.2, 0.25) is 0 Å². The highest BCUT2D eigenvalue weighted by Gasteiger charge is 2.06. The Kier molecular flexibility index (Phi) is 5.26. The molecule has 0 aliphatic heterocycles. The quantitative estimate of drug-likeness (QED) is 0.836. The monoisotopic (exact) mass is 269 g/mol. The number of hydrogen-bond acceptors (Lipinski definition) is 3. The van der Waals surface area contributed by atoms with Gasteiger partial charge >= 0.3 is 0 Å². The summed E-state index contributed by atoms with van der Waals surface area (Å²) in [7, 11) is 0. The van der Waals surface area contributed by atoms with Crippen LogP contribution in [0.15, 0.2) is 48.7 Å². The largest absolute Gasteiger partial charge is 0.352 e. The number of nitrogens with zero attached hydrogens (tertiary/aromatic N) is 1. The molecule has 20 heavy (non-hydrogen) atoms. The van der Waals surface area contributed by atoms with Gasteiger partial charge in [0.25, 0.3) is 5.91 Å². The van der Waals surface area contributed by atoms with Crippen molar-refractivity contribution in [3.05, 3.63) is 65.5 Å². The summed E-state index contributed by atoms with van der Waals surface area (Å²) in [5, 5.41) is 2.92. The van der Waals surface area contributed by atoms with Crippen molar-refractivity contribution in [1.82, 2.24) is 10.3 Å². The van der Waals surface area contributed by atoms with Crippen LogP contribution >= 0.6 is 0 Å². The van der Waals surface area contributed by atoms with E-state index in [1.807, 2.05) is 18.2 Å². The van der Waals surface area contributed by atoms with E-state index in [0.717, 1.165) is 12.1 Å². The maximum absolute atomic E-state index is 12.0. The molecule has 104 valence electrons. The minimum absolute atomic E-state index is 0.0680. The maximum Gasteiger partial charge on any atom is 0.251 e. The van der Waals surface area contributed by atoms with Gasteiger partial charge in [0.15, 0.2) is 0 Å². The summed E-state index contributed by atoms with van der Waals surface area (Å²) >= 11 is 0. The van der Waals surface area contributed by atoms with Crippen molar-refractivity contribution in [1.29, 1.82) is 0 Å². The Labute approximate surface area is 119 Å². The second-order valence-corrected chi connectivity index (χ2v) is 4.57. The van der Waals surface area contributed by atoms with Crippen LogP contribution in [0.1, 0.15) is 21.6 Å². The summed E-state index contributed by atoms with van der Waals surface area (Å²) in [5.74, 6) is -0.0680. The Morgan fingerprint density at radius 1 is 1.15 bits per heavy atom. The molecule has 1 aromatic heterocycles. The lowest BCUT2D eigenvalue weighted by molar-refractivity contribution is 0.0954. The number of carbonyl (C=O) groups excluding carboxylic acids is 1. The molecule has 2 rings (SSSR count). The normalized spacial score (nSPS) is 10.2. The van der Waals surface area contributed by atoms with E-state index in [9.17, 15) is 4.79 Å². The zero-order chi connectivity index (χ0) is 14.2. The van der Waals surface area contributed by atoms with E-state index < -0.39 is 0 Å². The van der Waals surface area contributed by atoms with Crippen molar-refractivity contribution in [2.24, 2.45) is 5.73 Å². The van der Waals surface area contributed by atoms with Crippen molar-refractivity contribution in [2.75, 3.05) is 13.1 Å². The van der Waals surface area contributed by atoms with Crippen LogP contribution in [0, 0.1) is 0 Å². The Balaban J connectivity index is 1.87. The molecule has 0 bridgehead atoms. The van der Waals surface area contributed by atoms with E-state index in [2.05, 4.69) is 22.4 Å². The third kappa shape index (κ3) is 4.17. The highest BCUT2D eigenvalue weighted by molar-refractivity contribution is 5.94. The standard InChI is InChI=1S/C16H19N3O/c17-9-6-15-12-14(8-11-18-15)16(20)19-10-7-13-4-2-1-3-5-13/h1-5,8,11-12H,6-7,9-10,17H2,(H,19,20). The van der Waals surface area contributed by atoms with Crippen molar-refractivity contribution in [3.63, 3.8) is 0 Å². The number of pyridine rings is 1.